The smallest absolute Gasteiger partial charge is 0.390 e. The van der Waals surface area contributed by atoms with Gasteiger partial charge in [-0.2, -0.15) is 4.68 Å². The Morgan fingerprint density at radius 2 is 2.24 bits per heavy atom. The average molecular weight is 306 g/mol. The van der Waals surface area contributed by atoms with Crippen LogP contribution >= 0.6 is 11.3 Å². The SMILES string of the molecule is Cc1sc2nc(Cn3cnc([N+](=O)[O-])n3)[nH]c(=O)c2c1C. The first-order valence-electron chi connectivity index (χ1n) is 5.98. The number of nitrogens with one attached hydrogen (secondary N) is 1. The monoisotopic (exact) mass is 306 g/mol. The van der Waals surface area contributed by atoms with Crippen LogP contribution < -0.4 is 5.56 Å². The zero-order valence-electron chi connectivity index (χ0n) is 11.2. The van der Waals surface area contributed by atoms with E-state index in [1.807, 2.05) is 13.8 Å². The summed E-state index contributed by atoms with van der Waals surface area (Å²) in [5.41, 5.74) is 0.707. The van der Waals surface area contributed by atoms with Crippen molar-refractivity contribution in [1.29, 1.82) is 0 Å². The summed E-state index contributed by atoms with van der Waals surface area (Å²) in [5, 5.41) is 14.8. The molecular formula is C11H10N6O3S. The third-order valence-electron chi connectivity index (χ3n) is 3.09. The summed E-state index contributed by atoms with van der Waals surface area (Å²) < 4.78 is 1.26. The molecule has 0 saturated carbocycles. The molecule has 0 atom stereocenters. The third-order valence-corrected chi connectivity index (χ3v) is 4.19. The summed E-state index contributed by atoms with van der Waals surface area (Å²) in [6.45, 7) is 3.93. The first-order chi connectivity index (χ1) is 9.95. The Bertz CT molecular complexity index is 908. The summed E-state index contributed by atoms with van der Waals surface area (Å²) in [6, 6.07) is 0. The molecule has 3 rings (SSSR count). The number of H-pyrrole nitrogens is 1. The van der Waals surface area contributed by atoms with Crippen molar-refractivity contribution in [3.05, 3.63) is 43.1 Å². The maximum atomic E-state index is 12.1. The van der Waals surface area contributed by atoms with Crippen LogP contribution in [0.25, 0.3) is 10.2 Å². The van der Waals surface area contributed by atoms with E-state index in [0.29, 0.717) is 16.0 Å². The van der Waals surface area contributed by atoms with Crippen LogP contribution in [0, 0.1) is 24.0 Å². The highest BCUT2D eigenvalue weighted by Gasteiger charge is 2.16. The van der Waals surface area contributed by atoms with Crippen molar-refractivity contribution >= 4 is 27.5 Å². The fourth-order valence-electron chi connectivity index (χ4n) is 1.97. The summed E-state index contributed by atoms with van der Waals surface area (Å²) in [4.78, 5) is 34.2. The van der Waals surface area contributed by atoms with Crippen LogP contribution in [0.15, 0.2) is 11.1 Å². The molecule has 0 fully saturated rings. The highest BCUT2D eigenvalue weighted by atomic mass is 32.1. The minimum absolute atomic E-state index is 0.113. The minimum Gasteiger partial charge on any atom is -0.390 e. The number of nitro groups is 1. The van der Waals surface area contributed by atoms with Gasteiger partial charge >= 0.3 is 5.95 Å². The second-order valence-corrected chi connectivity index (χ2v) is 5.68. The number of aryl methyl sites for hydroxylation is 2. The van der Waals surface area contributed by atoms with Crippen molar-refractivity contribution in [1.82, 2.24) is 24.7 Å². The van der Waals surface area contributed by atoms with Gasteiger partial charge in [0.15, 0.2) is 0 Å². The van der Waals surface area contributed by atoms with Crippen molar-refractivity contribution in [2.75, 3.05) is 0 Å². The zero-order chi connectivity index (χ0) is 15.1. The maximum Gasteiger partial charge on any atom is 0.490 e. The fourth-order valence-corrected chi connectivity index (χ4v) is 3.02. The van der Waals surface area contributed by atoms with Crippen molar-refractivity contribution < 1.29 is 4.92 Å². The molecule has 108 valence electrons. The van der Waals surface area contributed by atoms with Crippen molar-refractivity contribution in [2.45, 2.75) is 20.4 Å². The first-order valence-corrected chi connectivity index (χ1v) is 6.80. The predicted molar refractivity (Wildman–Crippen MR) is 75.5 cm³/mol. The Labute approximate surface area is 121 Å². The summed E-state index contributed by atoms with van der Waals surface area (Å²) >= 11 is 1.44. The van der Waals surface area contributed by atoms with Gasteiger partial charge in [0, 0.05) is 9.98 Å². The molecule has 0 aliphatic heterocycles. The number of aromatic nitrogens is 5. The van der Waals surface area contributed by atoms with Gasteiger partial charge in [-0.1, -0.05) is 4.98 Å². The van der Waals surface area contributed by atoms with Gasteiger partial charge in [-0.05, 0) is 24.3 Å². The van der Waals surface area contributed by atoms with Crippen LogP contribution in [0.1, 0.15) is 16.3 Å². The molecule has 3 heterocycles. The molecule has 3 aromatic rings. The number of rotatable bonds is 3. The van der Waals surface area contributed by atoms with Crippen LogP contribution in [0.3, 0.4) is 0 Å². The van der Waals surface area contributed by atoms with Crippen molar-refractivity contribution in [3.63, 3.8) is 0 Å². The molecule has 21 heavy (non-hydrogen) atoms. The summed E-state index contributed by atoms with van der Waals surface area (Å²) in [5.74, 6) is -0.102. The molecule has 0 aliphatic rings. The van der Waals surface area contributed by atoms with Gasteiger partial charge in [-0.15, -0.1) is 11.3 Å². The van der Waals surface area contributed by atoms with E-state index in [9.17, 15) is 14.9 Å². The number of hydrogen-bond acceptors (Lipinski definition) is 7. The second-order valence-electron chi connectivity index (χ2n) is 4.48. The van der Waals surface area contributed by atoms with Gasteiger partial charge in [0.05, 0.1) is 5.39 Å². The van der Waals surface area contributed by atoms with Gasteiger partial charge < -0.3 is 15.1 Å². The molecule has 9 nitrogen and oxygen atoms in total. The van der Waals surface area contributed by atoms with E-state index in [4.69, 9.17) is 0 Å². The molecule has 3 aromatic heterocycles. The van der Waals surface area contributed by atoms with E-state index < -0.39 is 10.9 Å². The Hall–Kier alpha value is -2.62. The lowest BCUT2D eigenvalue weighted by atomic mass is 10.2. The van der Waals surface area contributed by atoms with Crippen LogP contribution in [0.2, 0.25) is 0 Å². The van der Waals surface area contributed by atoms with Gasteiger partial charge in [0.1, 0.15) is 17.2 Å². The molecule has 10 heteroatoms. The number of hydrogen-bond donors (Lipinski definition) is 1. The molecular weight excluding hydrogens is 296 g/mol. The highest BCUT2D eigenvalue weighted by Crippen LogP contribution is 2.25. The van der Waals surface area contributed by atoms with Gasteiger partial charge in [-0.3, -0.25) is 4.79 Å². The molecule has 0 saturated heterocycles. The van der Waals surface area contributed by atoms with Crippen LogP contribution in [-0.2, 0) is 6.54 Å². The largest absolute Gasteiger partial charge is 0.490 e. The van der Waals surface area contributed by atoms with Crippen LogP contribution in [0.4, 0.5) is 5.95 Å². The van der Waals surface area contributed by atoms with Crippen LogP contribution in [0.5, 0.6) is 0 Å². The van der Waals surface area contributed by atoms with E-state index in [1.54, 1.807) is 0 Å². The van der Waals surface area contributed by atoms with E-state index in [1.165, 1.54) is 22.3 Å². The standard InChI is InChI=1S/C11H10N6O3S/c1-5-6(2)21-10-8(5)9(18)13-7(14-10)3-16-4-12-11(15-16)17(19)20/h4H,3H2,1-2H3,(H,13,14,18). The van der Waals surface area contributed by atoms with Gasteiger partial charge in [0.2, 0.25) is 6.33 Å². The summed E-state index contributed by atoms with van der Waals surface area (Å²) in [6.07, 6.45) is 1.23. The van der Waals surface area contributed by atoms with E-state index in [2.05, 4.69) is 20.1 Å². The first kappa shape index (κ1) is 13.4. The van der Waals surface area contributed by atoms with E-state index in [0.717, 1.165) is 10.4 Å². The molecule has 0 aliphatic carbocycles. The van der Waals surface area contributed by atoms with E-state index in [-0.39, 0.29) is 12.1 Å². The average Bonchev–Trinajstić information content (AvgIpc) is 2.96. The summed E-state index contributed by atoms with van der Waals surface area (Å²) in [7, 11) is 0. The molecule has 0 radical (unpaired) electrons. The van der Waals surface area contributed by atoms with E-state index >= 15 is 0 Å². The lowest BCUT2D eigenvalue weighted by molar-refractivity contribution is -0.394. The molecule has 0 unspecified atom stereocenters. The molecule has 0 spiro atoms. The zero-order valence-corrected chi connectivity index (χ0v) is 12.0. The second kappa shape index (κ2) is 4.74. The Balaban J connectivity index is 2.01. The fraction of sp³-hybridized carbons (Fsp3) is 0.273. The minimum atomic E-state index is -0.679. The number of thiophene rings is 1. The van der Waals surface area contributed by atoms with Gasteiger partial charge in [0.25, 0.3) is 5.56 Å². The quantitative estimate of drug-likeness (QED) is 0.572. The van der Waals surface area contributed by atoms with Crippen molar-refractivity contribution in [2.24, 2.45) is 0 Å². The Morgan fingerprint density at radius 1 is 1.48 bits per heavy atom. The normalized spacial score (nSPS) is 11.1. The Kier molecular flexibility index (Phi) is 3.01. The number of aromatic amines is 1. The Morgan fingerprint density at radius 3 is 2.90 bits per heavy atom. The lowest BCUT2D eigenvalue weighted by Gasteiger charge is -1.98. The highest BCUT2D eigenvalue weighted by molar-refractivity contribution is 7.18. The molecule has 0 aromatic carbocycles. The molecule has 0 amide bonds. The maximum absolute atomic E-state index is 12.1. The van der Waals surface area contributed by atoms with Crippen LogP contribution in [-0.4, -0.2) is 29.7 Å². The number of nitrogens with zero attached hydrogens (tertiary/aromatic N) is 5. The van der Waals surface area contributed by atoms with Gasteiger partial charge in [-0.25, -0.2) is 4.98 Å². The topological polar surface area (TPSA) is 120 Å². The lowest BCUT2D eigenvalue weighted by Crippen LogP contribution is -2.14. The van der Waals surface area contributed by atoms with Crippen molar-refractivity contribution in [3.8, 4) is 0 Å². The number of fused-ring (bicyclic) bond motifs is 1. The third kappa shape index (κ3) is 2.29. The molecule has 1 N–H and O–H groups in total. The predicted octanol–water partition coefficient (Wildman–Crippen LogP) is 1.15. The molecule has 0 bridgehead atoms.